The molecule has 0 aliphatic carbocycles. The van der Waals surface area contributed by atoms with E-state index in [1.807, 2.05) is 23.9 Å². The van der Waals surface area contributed by atoms with Crippen molar-refractivity contribution in [3.05, 3.63) is 18.0 Å². The van der Waals surface area contributed by atoms with Gasteiger partial charge in [-0.15, -0.1) is 5.54 Å². The van der Waals surface area contributed by atoms with Crippen molar-refractivity contribution >= 4 is 8.07 Å². The summed E-state index contributed by atoms with van der Waals surface area (Å²) in [7, 11) is -1.63. The largest absolute Gasteiger partial charge is 0.195 e. The SMILES string of the molecule is Cc1ccnn1C#C[Si](C(C)C)(C(C)C)C(C)C. The van der Waals surface area contributed by atoms with Gasteiger partial charge >= 0.3 is 0 Å². The van der Waals surface area contributed by atoms with Crippen molar-refractivity contribution in [2.45, 2.75) is 65.1 Å². The van der Waals surface area contributed by atoms with Gasteiger partial charge in [-0.25, -0.2) is 0 Å². The molecule has 0 atom stereocenters. The highest BCUT2D eigenvalue weighted by Gasteiger charge is 2.41. The van der Waals surface area contributed by atoms with E-state index in [1.54, 1.807) is 0 Å². The van der Waals surface area contributed by atoms with Crippen LogP contribution in [0.2, 0.25) is 16.6 Å². The number of hydrogen-bond acceptors (Lipinski definition) is 1. The molecule has 0 amide bonds. The predicted molar refractivity (Wildman–Crippen MR) is 81.2 cm³/mol. The van der Waals surface area contributed by atoms with Gasteiger partial charge in [-0.2, -0.15) is 9.78 Å². The molecule has 0 spiro atoms. The molecule has 0 aromatic carbocycles. The molecule has 0 fully saturated rings. The fourth-order valence-electron chi connectivity index (χ4n) is 3.07. The van der Waals surface area contributed by atoms with Crippen LogP contribution in [-0.4, -0.2) is 17.9 Å². The number of hydrogen-bond donors (Lipinski definition) is 0. The summed E-state index contributed by atoms with van der Waals surface area (Å²) in [4.78, 5) is 0. The first-order valence-corrected chi connectivity index (χ1v) is 9.09. The van der Waals surface area contributed by atoms with Crippen molar-refractivity contribution in [1.82, 2.24) is 9.78 Å². The molecule has 0 aliphatic heterocycles. The van der Waals surface area contributed by atoms with Crippen molar-refractivity contribution in [2.75, 3.05) is 0 Å². The molecule has 0 unspecified atom stereocenters. The van der Waals surface area contributed by atoms with Crippen LogP contribution in [0.15, 0.2) is 12.3 Å². The highest BCUT2D eigenvalue weighted by Crippen LogP contribution is 2.40. The lowest BCUT2D eigenvalue weighted by atomic mass is 10.5. The zero-order chi connectivity index (χ0) is 13.9. The van der Waals surface area contributed by atoms with E-state index in [0.29, 0.717) is 16.6 Å². The molecule has 0 saturated heterocycles. The fraction of sp³-hybridized carbons (Fsp3) is 0.667. The van der Waals surface area contributed by atoms with Gasteiger partial charge in [0, 0.05) is 6.04 Å². The van der Waals surface area contributed by atoms with Gasteiger partial charge in [0.05, 0.1) is 11.9 Å². The summed E-state index contributed by atoms with van der Waals surface area (Å²) in [5.41, 5.74) is 6.78. The molecule has 2 nitrogen and oxygen atoms in total. The molecule has 3 heteroatoms. The molecule has 100 valence electrons. The van der Waals surface area contributed by atoms with E-state index in [0.717, 1.165) is 5.69 Å². The first kappa shape index (κ1) is 15.0. The minimum Gasteiger partial charge on any atom is -0.195 e. The molecular formula is C15H26N2Si. The van der Waals surface area contributed by atoms with E-state index in [-0.39, 0.29) is 0 Å². The molecule has 0 aliphatic rings. The Morgan fingerprint density at radius 1 is 1.06 bits per heavy atom. The van der Waals surface area contributed by atoms with Crippen LogP contribution < -0.4 is 0 Å². The van der Waals surface area contributed by atoms with Crippen molar-refractivity contribution in [2.24, 2.45) is 0 Å². The van der Waals surface area contributed by atoms with Gasteiger partial charge < -0.3 is 0 Å². The summed E-state index contributed by atoms with van der Waals surface area (Å²) in [5, 5.41) is 4.26. The molecule has 0 N–H and O–H groups in total. The van der Waals surface area contributed by atoms with E-state index in [9.17, 15) is 0 Å². The van der Waals surface area contributed by atoms with Gasteiger partial charge in [-0.1, -0.05) is 41.5 Å². The summed E-state index contributed by atoms with van der Waals surface area (Å²) in [6.07, 6.45) is 1.81. The van der Waals surface area contributed by atoms with Gasteiger partial charge in [0.25, 0.3) is 0 Å². The summed E-state index contributed by atoms with van der Waals surface area (Å²) >= 11 is 0. The third kappa shape index (κ3) is 2.69. The first-order chi connectivity index (χ1) is 8.32. The van der Waals surface area contributed by atoms with E-state index in [2.05, 4.69) is 58.2 Å². The monoisotopic (exact) mass is 262 g/mol. The van der Waals surface area contributed by atoms with E-state index in [4.69, 9.17) is 0 Å². The highest BCUT2D eigenvalue weighted by molar-refractivity contribution is 6.90. The molecule has 0 bridgehead atoms. The fourth-order valence-corrected chi connectivity index (χ4v) is 8.23. The van der Waals surface area contributed by atoms with Gasteiger partial charge in [0.15, 0.2) is 0 Å². The second-order valence-corrected chi connectivity index (χ2v) is 11.6. The smallest absolute Gasteiger partial charge is 0.148 e. The van der Waals surface area contributed by atoms with E-state index >= 15 is 0 Å². The topological polar surface area (TPSA) is 17.8 Å². The summed E-state index contributed by atoms with van der Waals surface area (Å²) < 4.78 is 1.81. The molecular weight excluding hydrogens is 236 g/mol. The minimum absolute atomic E-state index is 0.667. The maximum atomic E-state index is 4.26. The molecule has 0 radical (unpaired) electrons. The summed E-state index contributed by atoms with van der Waals surface area (Å²) in [6.45, 7) is 16.0. The zero-order valence-corrected chi connectivity index (χ0v) is 13.8. The second-order valence-electron chi connectivity index (χ2n) is 6.02. The lowest BCUT2D eigenvalue weighted by molar-refractivity contribution is 0.835. The van der Waals surface area contributed by atoms with Gasteiger partial charge in [0.2, 0.25) is 0 Å². The Balaban J connectivity index is 3.22. The van der Waals surface area contributed by atoms with Crippen LogP contribution in [0.25, 0.3) is 0 Å². The summed E-state index contributed by atoms with van der Waals surface area (Å²) in [6, 6.07) is 5.29. The van der Waals surface area contributed by atoms with Gasteiger partial charge in [-0.05, 0) is 29.6 Å². The Bertz CT molecular complexity index is 425. The van der Waals surface area contributed by atoms with Crippen LogP contribution >= 0.6 is 0 Å². The van der Waals surface area contributed by atoms with Crippen molar-refractivity contribution in [1.29, 1.82) is 0 Å². The van der Waals surface area contributed by atoms with Crippen LogP contribution in [0.4, 0.5) is 0 Å². The Morgan fingerprint density at radius 3 is 1.89 bits per heavy atom. The first-order valence-electron chi connectivity index (χ1n) is 6.86. The average Bonchev–Trinajstić information content (AvgIpc) is 2.63. The maximum absolute atomic E-state index is 4.26. The molecule has 1 heterocycles. The molecule has 0 saturated carbocycles. The normalized spacial score (nSPS) is 12.1. The Kier molecular flexibility index (Phi) is 4.81. The Morgan fingerprint density at radius 2 is 1.56 bits per heavy atom. The Hall–Kier alpha value is -1.01. The molecule has 1 rings (SSSR count). The lowest BCUT2D eigenvalue weighted by Gasteiger charge is -2.37. The molecule has 1 aromatic heterocycles. The van der Waals surface area contributed by atoms with Crippen molar-refractivity contribution in [3.63, 3.8) is 0 Å². The van der Waals surface area contributed by atoms with E-state index in [1.165, 1.54) is 0 Å². The van der Waals surface area contributed by atoms with Crippen LogP contribution in [-0.2, 0) is 0 Å². The summed E-state index contributed by atoms with van der Waals surface area (Å²) in [5.74, 6) is 0. The quantitative estimate of drug-likeness (QED) is 0.589. The standard InChI is InChI=1S/C15H26N2Si/c1-12(2)18(13(3)4,14(5)6)11-10-17-15(7)8-9-16-17/h8-9,12-14H,1-7H3. The number of rotatable bonds is 3. The van der Waals surface area contributed by atoms with Crippen LogP contribution in [0.5, 0.6) is 0 Å². The minimum atomic E-state index is -1.63. The second kappa shape index (κ2) is 5.75. The number of aromatic nitrogens is 2. The Labute approximate surface area is 113 Å². The van der Waals surface area contributed by atoms with Gasteiger partial charge in [0.1, 0.15) is 8.07 Å². The van der Waals surface area contributed by atoms with Gasteiger partial charge in [-0.3, -0.25) is 0 Å². The van der Waals surface area contributed by atoms with Crippen LogP contribution in [0.1, 0.15) is 47.2 Å². The molecule has 18 heavy (non-hydrogen) atoms. The highest BCUT2D eigenvalue weighted by atomic mass is 28.3. The maximum Gasteiger partial charge on any atom is 0.148 e. The van der Waals surface area contributed by atoms with E-state index < -0.39 is 8.07 Å². The third-order valence-corrected chi connectivity index (χ3v) is 10.4. The third-order valence-electron chi connectivity index (χ3n) is 4.08. The van der Waals surface area contributed by atoms with Crippen LogP contribution in [0, 0.1) is 18.5 Å². The lowest BCUT2D eigenvalue weighted by Crippen LogP contribution is -2.43. The predicted octanol–water partition coefficient (Wildman–Crippen LogP) is 4.22. The number of aryl methyl sites for hydroxylation is 1. The molecule has 1 aromatic rings. The van der Waals surface area contributed by atoms with Crippen molar-refractivity contribution in [3.8, 4) is 11.6 Å². The van der Waals surface area contributed by atoms with Crippen LogP contribution in [0.3, 0.4) is 0 Å². The average molecular weight is 262 g/mol. The number of nitrogens with zero attached hydrogens (tertiary/aromatic N) is 2. The van der Waals surface area contributed by atoms with Crippen molar-refractivity contribution < 1.29 is 0 Å². The zero-order valence-electron chi connectivity index (χ0n) is 12.8.